The highest BCUT2D eigenvalue weighted by molar-refractivity contribution is 8.02. The highest BCUT2D eigenvalue weighted by Gasteiger charge is 2.14. The summed E-state index contributed by atoms with van der Waals surface area (Å²) in [7, 11) is 0. The molecule has 0 aliphatic rings. The van der Waals surface area contributed by atoms with E-state index in [2.05, 4.69) is 4.98 Å². The SMILES string of the molecule is CCc1csc(SC(C)C(=O)O)n1. The average Bonchev–Trinajstić information content (AvgIpc) is 2.52. The summed E-state index contributed by atoms with van der Waals surface area (Å²) >= 11 is 2.80. The van der Waals surface area contributed by atoms with Crippen molar-refractivity contribution in [3.05, 3.63) is 11.1 Å². The van der Waals surface area contributed by atoms with Crippen LogP contribution < -0.4 is 0 Å². The Morgan fingerprint density at radius 2 is 2.54 bits per heavy atom. The van der Waals surface area contributed by atoms with Crippen molar-refractivity contribution in [3.63, 3.8) is 0 Å². The summed E-state index contributed by atoms with van der Waals surface area (Å²) in [6.07, 6.45) is 0.901. The Balaban J connectivity index is 2.58. The maximum Gasteiger partial charge on any atom is 0.316 e. The molecule has 1 N–H and O–H groups in total. The Morgan fingerprint density at radius 1 is 1.85 bits per heavy atom. The van der Waals surface area contributed by atoms with Gasteiger partial charge in [0, 0.05) is 5.38 Å². The van der Waals surface area contributed by atoms with Crippen molar-refractivity contribution in [2.75, 3.05) is 0 Å². The van der Waals surface area contributed by atoms with Crippen LogP contribution in [-0.4, -0.2) is 21.3 Å². The third-order valence-corrected chi connectivity index (χ3v) is 3.63. The summed E-state index contributed by atoms with van der Waals surface area (Å²) in [5.41, 5.74) is 1.03. The maximum absolute atomic E-state index is 10.5. The Morgan fingerprint density at radius 3 is 3.00 bits per heavy atom. The molecular weight excluding hydrogens is 206 g/mol. The van der Waals surface area contributed by atoms with E-state index in [-0.39, 0.29) is 0 Å². The molecule has 5 heteroatoms. The first kappa shape index (κ1) is 10.5. The molecule has 1 unspecified atom stereocenters. The number of aliphatic carboxylic acids is 1. The third-order valence-electron chi connectivity index (χ3n) is 1.52. The molecule has 0 aromatic carbocycles. The van der Waals surface area contributed by atoms with Crippen LogP contribution in [0.25, 0.3) is 0 Å². The first-order valence-corrected chi connectivity index (χ1v) is 5.73. The van der Waals surface area contributed by atoms with E-state index >= 15 is 0 Å². The summed E-state index contributed by atoms with van der Waals surface area (Å²) in [4.78, 5) is 14.8. The zero-order valence-corrected chi connectivity index (χ0v) is 9.11. The molecule has 0 aliphatic heterocycles. The van der Waals surface area contributed by atoms with Gasteiger partial charge in [0.1, 0.15) is 5.25 Å². The number of thioether (sulfide) groups is 1. The fourth-order valence-electron chi connectivity index (χ4n) is 0.707. The van der Waals surface area contributed by atoms with Gasteiger partial charge in [-0.2, -0.15) is 0 Å². The molecule has 0 spiro atoms. The first-order chi connectivity index (χ1) is 6.13. The van der Waals surface area contributed by atoms with Crippen LogP contribution in [0, 0.1) is 0 Å². The van der Waals surface area contributed by atoms with Crippen LogP contribution in [0.3, 0.4) is 0 Å². The van der Waals surface area contributed by atoms with Gasteiger partial charge in [-0.3, -0.25) is 4.79 Å². The predicted octanol–water partition coefficient (Wildman–Crippen LogP) is 2.27. The summed E-state index contributed by atoms with van der Waals surface area (Å²) in [6, 6.07) is 0. The predicted molar refractivity (Wildman–Crippen MR) is 54.4 cm³/mol. The number of aryl methyl sites for hydroxylation is 1. The highest BCUT2D eigenvalue weighted by atomic mass is 32.2. The van der Waals surface area contributed by atoms with Gasteiger partial charge in [0.05, 0.1) is 5.69 Å². The van der Waals surface area contributed by atoms with E-state index in [1.807, 2.05) is 12.3 Å². The zero-order valence-electron chi connectivity index (χ0n) is 7.48. The lowest BCUT2D eigenvalue weighted by molar-refractivity contribution is -0.136. The topological polar surface area (TPSA) is 50.2 Å². The molecule has 3 nitrogen and oxygen atoms in total. The van der Waals surface area contributed by atoms with Gasteiger partial charge in [-0.1, -0.05) is 18.7 Å². The smallest absolute Gasteiger partial charge is 0.316 e. The van der Waals surface area contributed by atoms with E-state index in [1.165, 1.54) is 23.1 Å². The normalized spacial score (nSPS) is 12.8. The number of carbonyl (C=O) groups is 1. The summed E-state index contributed by atoms with van der Waals surface area (Å²) in [5.74, 6) is -0.793. The number of hydrogen-bond acceptors (Lipinski definition) is 4. The second-order valence-corrected chi connectivity index (χ2v) is 5.00. The lowest BCUT2D eigenvalue weighted by atomic mass is 10.4. The van der Waals surface area contributed by atoms with Crippen molar-refractivity contribution in [2.45, 2.75) is 29.9 Å². The van der Waals surface area contributed by atoms with Crippen LogP contribution >= 0.6 is 23.1 Å². The third kappa shape index (κ3) is 3.00. The molecule has 0 radical (unpaired) electrons. The number of nitrogens with zero attached hydrogens (tertiary/aromatic N) is 1. The molecule has 0 aliphatic carbocycles. The van der Waals surface area contributed by atoms with E-state index in [0.29, 0.717) is 0 Å². The molecular formula is C8H11NO2S2. The van der Waals surface area contributed by atoms with Crippen LogP contribution in [0.2, 0.25) is 0 Å². The van der Waals surface area contributed by atoms with E-state index in [4.69, 9.17) is 5.11 Å². The van der Waals surface area contributed by atoms with Gasteiger partial charge in [-0.25, -0.2) is 4.98 Å². The van der Waals surface area contributed by atoms with Crippen molar-refractivity contribution in [1.29, 1.82) is 0 Å². The molecule has 1 atom stereocenters. The van der Waals surface area contributed by atoms with Crippen molar-refractivity contribution in [2.24, 2.45) is 0 Å². The van der Waals surface area contributed by atoms with E-state index in [9.17, 15) is 4.79 Å². The number of aromatic nitrogens is 1. The minimum atomic E-state index is -0.793. The minimum absolute atomic E-state index is 0.421. The van der Waals surface area contributed by atoms with Gasteiger partial charge < -0.3 is 5.11 Å². The molecule has 0 amide bonds. The lowest BCUT2D eigenvalue weighted by Gasteiger charge is -2.00. The maximum atomic E-state index is 10.5. The number of thiazole rings is 1. The largest absolute Gasteiger partial charge is 0.480 e. The van der Waals surface area contributed by atoms with Gasteiger partial charge in [0.15, 0.2) is 4.34 Å². The standard InChI is InChI=1S/C8H11NO2S2/c1-3-6-4-12-8(9-6)13-5(2)7(10)11/h4-5H,3H2,1-2H3,(H,10,11). The Kier molecular flexibility index (Phi) is 3.74. The summed E-state index contributed by atoms with van der Waals surface area (Å²) in [6.45, 7) is 3.70. The molecule has 1 heterocycles. The van der Waals surface area contributed by atoms with Crippen molar-refractivity contribution < 1.29 is 9.90 Å². The van der Waals surface area contributed by atoms with Crippen LogP contribution in [0.1, 0.15) is 19.5 Å². The van der Waals surface area contributed by atoms with E-state index in [0.717, 1.165) is 16.5 Å². The lowest BCUT2D eigenvalue weighted by Crippen LogP contribution is -2.10. The number of hydrogen-bond donors (Lipinski definition) is 1. The molecule has 13 heavy (non-hydrogen) atoms. The van der Waals surface area contributed by atoms with Crippen LogP contribution in [0.15, 0.2) is 9.72 Å². The van der Waals surface area contributed by atoms with Crippen molar-refractivity contribution >= 4 is 29.1 Å². The van der Waals surface area contributed by atoms with Crippen LogP contribution in [0.5, 0.6) is 0 Å². The Hall–Kier alpha value is -0.550. The van der Waals surface area contributed by atoms with Gasteiger partial charge in [-0.15, -0.1) is 11.3 Å². The quantitative estimate of drug-likeness (QED) is 0.786. The number of carboxylic acid groups (broad SMARTS) is 1. The van der Waals surface area contributed by atoms with Crippen molar-refractivity contribution in [3.8, 4) is 0 Å². The van der Waals surface area contributed by atoms with Crippen molar-refractivity contribution in [1.82, 2.24) is 4.98 Å². The first-order valence-electron chi connectivity index (χ1n) is 3.97. The minimum Gasteiger partial charge on any atom is -0.480 e. The van der Waals surface area contributed by atoms with E-state index in [1.54, 1.807) is 6.92 Å². The van der Waals surface area contributed by atoms with Gasteiger partial charge in [-0.05, 0) is 13.3 Å². The molecule has 0 saturated carbocycles. The number of carboxylic acids is 1. The Labute approximate surface area is 85.2 Å². The molecule has 1 aromatic rings. The van der Waals surface area contributed by atoms with Gasteiger partial charge in [0.25, 0.3) is 0 Å². The average molecular weight is 217 g/mol. The zero-order chi connectivity index (χ0) is 9.84. The molecule has 0 fully saturated rings. The van der Waals surface area contributed by atoms with Crippen LogP contribution in [0.4, 0.5) is 0 Å². The fraction of sp³-hybridized carbons (Fsp3) is 0.500. The molecule has 72 valence electrons. The Bertz CT molecular complexity index is 298. The van der Waals surface area contributed by atoms with Gasteiger partial charge in [0.2, 0.25) is 0 Å². The second kappa shape index (κ2) is 4.62. The molecule has 1 rings (SSSR count). The second-order valence-electron chi connectivity index (χ2n) is 2.56. The van der Waals surface area contributed by atoms with E-state index < -0.39 is 11.2 Å². The van der Waals surface area contributed by atoms with Gasteiger partial charge >= 0.3 is 5.97 Å². The monoisotopic (exact) mass is 217 g/mol. The molecule has 0 bridgehead atoms. The van der Waals surface area contributed by atoms with Crippen LogP contribution in [-0.2, 0) is 11.2 Å². The molecule has 1 aromatic heterocycles. The molecule has 0 saturated heterocycles. The summed E-state index contributed by atoms with van der Waals surface area (Å²) < 4.78 is 0.840. The number of rotatable bonds is 4. The highest BCUT2D eigenvalue weighted by Crippen LogP contribution is 2.26. The fourth-order valence-corrected chi connectivity index (χ4v) is 2.71. The summed E-state index contributed by atoms with van der Waals surface area (Å²) in [5, 5.41) is 10.2.